The highest BCUT2D eigenvalue weighted by molar-refractivity contribution is 9.10. The van der Waals surface area contributed by atoms with Crippen molar-refractivity contribution in [1.82, 2.24) is 15.0 Å². The Labute approximate surface area is 119 Å². The van der Waals surface area contributed by atoms with Crippen LogP contribution in [0.25, 0.3) is 0 Å². The molecule has 19 heavy (non-hydrogen) atoms. The molecule has 2 aromatic rings. The van der Waals surface area contributed by atoms with Crippen molar-refractivity contribution < 1.29 is 4.39 Å². The van der Waals surface area contributed by atoms with Gasteiger partial charge < -0.3 is 5.73 Å². The number of unbranched alkanes of at least 4 members (excludes halogenated alkanes) is 1. The Balaban J connectivity index is 2.01. The first-order valence-corrected chi connectivity index (χ1v) is 7.02. The summed E-state index contributed by atoms with van der Waals surface area (Å²) >= 11 is 3.25. The molecule has 0 saturated heterocycles. The fraction of sp³-hybridized carbons (Fsp3) is 0.385. The number of nitrogens with two attached hydrogens (primary N) is 1. The minimum Gasteiger partial charge on any atom is -0.330 e. The van der Waals surface area contributed by atoms with Crippen molar-refractivity contribution in [2.24, 2.45) is 5.73 Å². The average Bonchev–Trinajstić information content (AvgIpc) is 2.83. The van der Waals surface area contributed by atoms with Crippen molar-refractivity contribution in [3.8, 4) is 0 Å². The van der Waals surface area contributed by atoms with Crippen molar-refractivity contribution in [3.05, 3.63) is 45.9 Å². The van der Waals surface area contributed by atoms with Crippen LogP contribution in [0.1, 0.15) is 24.1 Å². The van der Waals surface area contributed by atoms with Crippen molar-refractivity contribution >= 4 is 15.9 Å². The molecule has 0 atom stereocenters. The lowest BCUT2D eigenvalue weighted by molar-refractivity contribution is 0.606. The maximum atomic E-state index is 13.4. The van der Waals surface area contributed by atoms with Crippen molar-refractivity contribution in [2.45, 2.75) is 25.8 Å². The zero-order valence-corrected chi connectivity index (χ0v) is 12.1. The molecule has 102 valence electrons. The summed E-state index contributed by atoms with van der Waals surface area (Å²) in [6, 6.07) is 4.98. The van der Waals surface area contributed by atoms with E-state index in [9.17, 15) is 4.39 Å². The molecule has 0 unspecified atom stereocenters. The van der Waals surface area contributed by atoms with Crippen LogP contribution in [0.15, 0.2) is 28.9 Å². The topological polar surface area (TPSA) is 56.7 Å². The van der Waals surface area contributed by atoms with Gasteiger partial charge in [-0.1, -0.05) is 17.3 Å². The van der Waals surface area contributed by atoms with Gasteiger partial charge in [0, 0.05) is 6.20 Å². The molecule has 2 N–H and O–H groups in total. The molecule has 0 bridgehead atoms. The van der Waals surface area contributed by atoms with E-state index in [-0.39, 0.29) is 5.82 Å². The van der Waals surface area contributed by atoms with Crippen LogP contribution in [0.5, 0.6) is 0 Å². The number of aryl methyl sites for hydroxylation is 1. The molecule has 0 aliphatic carbocycles. The number of benzene rings is 1. The maximum absolute atomic E-state index is 13.4. The summed E-state index contributed by atoms with van der Waals surface area (Å²) in [5, 5.41) is 8.15. The Morgan fingerprint density at radius 2 is 2.16 bits per heavy atom. The number of halogens is 2. The third kappa shape index (κ3) is 3.84. The van der Waals surface area contributed by atoms with Gasteiger partial charge in [-0.3, -0.25) is 0 Å². The van der Waals surface area contributed by atoms with Gasteiger partial charge in [-0.05, 0) is 53.4 Å². The summed E-state index contributed by atoms with van der Waals surface area (Å²) in [6.45, 7) is 1.20. The molecule has 0 fully saturated rings. The SMILES string of the molecule is NCCCCc1cn(Cc2cccc(F)c2Br)nn1. The first kappa shape index (κ1) is 14.1. The zero-order valence-electron chi connectivity index (χ0n) is 10.5. The molecule has 1 aromatic carbocycles. The molecule has 0 amide bonds. The van der Waals surface area contributed by atoms with Gasteiger partial charge in [0.1, 0.15) is 5.82 Å². The van der Waals surface area contributed by atoms with E-state index in [1.54, 1.807) is 10.7 Å². The van der Waals surface area contributed by atoms with E-state index in [1.807, 2.05) is 12.3 Å². The van der Waals surface area contributed by atoms with Gasteiger partial charge in [0.15, 0.2) is 0 Å². The highest BCUT2D eigenvalue weighted by atomic mass is 79.9. The van der Waals surface area contributed by atoms with Gasteiger partial charge in [0.05, 0.1) is 16.7 Å². The van der Waals surface area contributed by atoms with Crippen molar-refractivity contribution in [2.75, 3.05) is 6.54 Å². The van der Waals surface area contributed by atoms with E-state index >= 15 is 0 Å². The van der Waals surface area contributed by atoms with Crippen LogP contribution in [0, 0.1) is 5.82 Å². The average molecular weight is 327 g/mol. The lowest BCUT2D eigenvalue weighted by atomic mass is 10.2. The largest absolute Gasteiger partial charge is 0.330 e. The van der Waals surface area contributed by atoms with Gasteiger partial charge in [-0.2, -0.15) is 0 Å². The maximum Gasteiger partial charge on any atom is 0.137 e. The molecule has 0 spiro atoms. The van der Waals surface area contributed by atoms with Crippen LogP contribution in [-0.4, -0.2) is 21.5 Å². The van der Waals surface area contributed by atoms with Crippen LogP contribution in [0.4, 0.5) is 4.39 Å². The molecule has 6 heteroatoms. The Bertz CT molecular complexity index is 541. The summed E-state index contributed by atoms with van der Waals surface area (Å²) in [4.78, 5) is 0. The third-order valence-corrected chi connectivity index (χ3v) is 3.73. The monoisotopic (exact) mass is 326 g/mol. The Morgan fingerprint density at radius 3 is 2.95 bits per heavy atom. The lowest BCUT2D eigenvalue weighted by Gasteiger charge is -2.04. The predicted octanol–water partition coefficient (Wildman–Crippen LogP) is 2.51. The molecule has 4 nitrogen and oxygen atoms in total. The molecule has 2 rings (SSSR count). The van der Waals surface area contributed by atoms with Crippen LogP contribution < -0.4 is 5.73 Å². The lowest BCUT2D eigenvalue weighted by Crippen LogP contribution is -2.02. The second-order valence-electron chi connectivity index (χ2n) is 4.37. The minimum absolute atomic E-state index is 0.263. The molecule has 1 aromatic heterocycles. The number of hydrogen-bond donors (Lipinski definition) is 1. The third-order valence-electron chi connectivity index (χ3n) is 2.84. The van der Waals surface area contributed by atoms with Crippen LogP contribution in [-0.2, 0) is 13.0 Å². The Hall–Kier alpha value is -1.27. The van der Waals surface area contributed by atoms with E-state index in [4.69, 9.17) is 5.73 Å². The quantitative estimate of drug-likeness (QED) is 0.830. The first-order valence-electron chi connectivity index (χ1n) is 6.22. The Morgan fingerprint density at radius 1 is 1.32 bits per heavy atom. The van der Waals surface area contributed by atoms with Crippen LogP contribution in [0.2, 0.25) is 0 Å². The first-order chi connectivity index (χ1) is 9.20. The number of aromatic nitrogens is 3. The van der Waals surface area contributed by atoms with E-state index in [0.717, 1.165) is 30.5 Å². The smallest absolute Gasteiger partial charge is 0.137 e. The van der Waals surface area contributed by atoms with E-state index in [2.05, 4.69) is 26.2 Å². The van der Waals surface area contributed by atoms with E-state index < -0.39 is 0 Å². The summed E-state index contributed by atoms with van der Waals surface area (Å²) in [7, 11) is 0. The van der Waals surface area contributed by atoms with Gasteiger partial charge in [0.2, 0.25) is 0 Å². The van der Waals surface area contributed by atoms with E-state index in [1.165, 1.54) is 6.07 Å². The standard InChI is InChI=1S/C13H16BrFN4/c14-13-10(4-3-6-12(13)15)8-19-9-11(17-18-19)5-1-2-7-16/h3-4,6,9H,1-2,5,7-8,16H2. The summed E-state index contributed by atoms with van der Waals surface area (Å²) < 4.78 is 15.6. The summed E-state index contributed by atoms with van der Waals surface area (Å²) in [6.07, 6.45) is 4.77. The zero-order chi connectivity index (χ0) is 13.7. The highest BCUT2D eigenvalue weighted by Crippen LogP contribution is 2.21. The van der Waals surface area contributed by atoms with Gasteiger partial charge in [0.25, 0.3) is 0 Å². The second kappa shape index (κ2) is 6.77. The Kier molecular flexibility index (Phi) is 5.04. The van der Waals surface area contributed by atoms with Crippen LogP contribution in [0.3, 0.4) is 0 Å². The van der Waals surface area contributed by atoms with Gasteiger partial charge >= 0.3 is 0 Å². The fourth-order valence-corrected chi connectivity index (χ4v) is 2.22. The van der Waals surface area contributed by atoms with Crippen molar-refractivity contribution in [1.29, 1.82) is 0 Å². The molecular weight excluding hydrogens is 311 g/mol. The number of rotatable bonds is 6. The molecule has 1 heterocycles. The predicted molar refractivity (Wildman–Crippen MR) is 75.2 cm³/mol. The molecule has 0 radical (unpaired) electrons. The van der Waals surface area contributed by atoms with Gasteiger partial charge in [-0.15, -0.1) is 5.10 Å². The number of hydrogen-bond acceptors (Lipinski definition) is 3. The van der Waals surface area contributed by atoms with Crippen LogP contribution >= 0.6 is 15.9 Å². The summed E-state index contributed by atoms with van der Waals surface area (Å²) in [5.74, 6) is -0.263. The van der Waals surface area contributed by atoms with Gasteiger partial charge in [-0.25, -0.2) is 9.07 Å². The summed E-state index contributed by atoms with van der Waals surface area (Å²) in [5.41, 5.74) is 7.24. The van der Waals surface area contributed by atoms with E-state index in [0.29, 0.717) is 17.6 Å². The fourth-order valence-electron chi connectivity index (χ4n) is 1.83. The normalized spacial score (nSPS) is 10.9. The molecule has 0 saturated carbocycles. The second-order valence-corrected chi connectivity index (χ2v) is 5.16. The number of nitrogens with zero attached hydrogens (tertiary/aromatic N) is 3. The minimum atomic E-state index is -0.263. The van der Waals surface area contributed by atoms with Crippen molar-refractivity contribution in [3.63, 3.8) is 0 Å². The molecule has 0 aliphatic heterocycles. The molecular formula is C13H16BrFN4. The highest BCUT2D eigenvalue weighted by Gasteiger charge is 2.07. The molecule has 0 aliphatic rings.